The van der Waals surface area contributed by atoms with E-state index < -0.39 is 0 Å². The van der Waals surface area contributed by atoms with E-state index in [0.29, 0.717) is 0 Å². The van der Waals surface area contributed by atoms with Crippen molar-refractivity contribution >= 4 is 32.7 Å². The molecule has 0 unspecified atom stereocenters. The second-order valence-corrected chi connectivity index (χ2v) is 8.20. The van der Waals surface area contributed by atoms with Gasteiger partial charge in [0.1, 0.15) is 0 Å². The van der Waals surface area contributed by atoms with E-state index >= 15 is 0 Å². The molecule has 1 N–H and O–H groups in total. The minimum atomic E-state index is -0.0189. The Kier molecular flexibility index (Phi) is 4.64. The molecular weight excluding hydrogens is 362 g/mol. The smallest absolute Gasteiger partial charge is 0.256 e. The Balaban J connectivity index is 1.75. The van der Waals surface area contributed by atoms with E-state index in [1.807, 2.05) is 18.2 Å². The van der Waals surface area contributed by atoms with Gasteiger partial charge in [-0.3, -0.25) is 9.69 Å². The highest BCUT2D eigenvalue weighted by molar-refractivity contribution is 6.16. The molecule has 0 aliphatic carbocycles. The van der Waals surface area contributed by atoms with E-state index in [1.165, 1.54) is 11.1 Å². The molecule has 5 nitrogen and oxygen atoms in total. The van der Waals surface area contributed by atoms with E-state index in [4.69, 9.17) is 4.74 Å². The molecule has 0 amide bonds. The summed E-state index contributed by atoms with van der Waals surface area (Å²) in [5, 5.41) is 2.91. The quantitative estimate of drug-likeness (QED) is 0.572. The Hall–Kier alpha value is -2.63. The van der Waals surface area contributed by atoms with Crippen molar-refractivity contribution in [2.75, 3.05) is 32.8 Å². The molecule has 2 aromatic heterocycles. The van der Waals surface area contributed by atoms with Crippen molar-refractivity contribution in [3.63, 3.8) is 0 Å². The van der Waals surface area contributed by atoms with Crippen LogP contribution in [-0.4, -0.2) is 47.3 Å². The zero-order chi connectivity index (χ0) is 20.0. The van der Waals surface area contributed by atoms with Gasteiger partial charge < -0.3 is 14.3 Å². The molecule has 150 valence electrons. The lowest BCUT2D eigenvalue weighted by Gasteiger charge is -2.26. The fraction of sp³-hybridized carbons (Fsp3) is 0.375. The lowest BCUT2D eigenvalue weighted by atomic mass is 10.1. The molecule has 0 atom stereocenters. The molecule has 0 bridgehead atoms. The fourth-order valence-electron chi connectivity index (χ4n) is 4.72. The molecule has 0 saturated carbocycles. The average molecular weight is 389 g/mol. The number of ether oxygens (including phenoxy) is 1. The maximum absolute atomic E-state index is 12.7. The summed E-state index contributed by atoms with van der Waals surface area (Å²) in [4.78, 5) is 18.4. The maximum atomic E-state index is 12.7. The third-order valence-corrected chi connectivity index (χ3v) is 6.09. The van der Waals surface area contributed by atoms with Crippen LogP contribution in [0.15, 0.2) is 47.3 Å². The van der Waals surface area contributed by atoms with Gasteiger partial charge in [-0.1, -0.05) is 36.4 Å². The number of H-pyrrole nitrogens is 1. The van der Waals surface area contributed by atoms with Crippen LogP contribution >= 0.6 is 0 Å². The van der Waals surface area contributed by atoms with Crippen LogP contribution in [0.1, 0.15) is 25.5 Å². The van der Waals surface area contributed by atoms with Crippen LogP contribution in [0, 0.1) is 0 Å². The third kappa shape index (κ3) is 3.05. The van der Waals surface area contributed by atoms with Gasteiger partial charge in [-0.2, -0.15) is 0 Å². The number of nitrogens with one attached hydrogen (secondary N) is 1. The molecular formula is C24H27N3O2. The largest absolute Gasteiger partial charge is 0.379 e. The number of fused-ring (bicyclic) bond motifs is 5. The molecule has 3 heterocycles. The van der Waals surface area contributed by atoms with E-state index in [-0.39, 0.29) is 11.6 Å². The number of hydrogen-bond acceptors (Lipinski definition) is 3. The number of hydrogen-bond donors (Lipinski definition) is 1. The number of pyridine rings is 1. The van der Waals surface area contributed by atoms with Gasteiger partial charge in [-0.05, 0) is 31.9 Å². The van der Waals surface area contributed by atoms with Crippen LogP contribution in [-0.2, 0) is 11.2 Å². The Morgan fingerprint density at radius 3 is 2.45 bits per heavy atom. The van der Waals surface area contributed by atoms with Crippen molar-refractivity contribution < 1.29 is 4.74 Å². The van der Waals surface area contributed by atoms with E-state index in [2.05, 4.69) is 52.6 Å². The molecule has 5 rings (SSSR count). The molecule has 1 aliphatic heterocycles. The van der Waals surface area contributed by atoms with Gasteiger partial charge in [0.25, 0.3) is 5.56 Å². The van der Waals surface area contributed by atoms with Crippen LogP contribution in [0.3, 0.4) is 0 Å². The van der Waals surface area contributed by atoms with Gasteiger partial charge in [0.15, 0.2) is 0 Å². The zero-order valence-electron chi connectivity index (χ0n) is 17.1. The van der Waals surface area contributed by atoms with Crippen LogP contribution in [0.5, 0.6) is 0 Å². The highest BCUT2D eigenvalue weighted by Crippen LogP contribution is 2.35. The molecule has 4 aromatic rings. The van der Waals surface area contributed by atoms with Crippen molar-refractivity contribution in [2.24, 2.45) is 0 Å². The number of morpholine rings is 1. The second kappa shape index (κ2) is 7.32. The molecule has 0 radical (unpaired) electrons. The number of aromatic nitrogens is 2. The molecule has 29 heavy (non-hydrogen) atoms. The van der Waals surface area contributed by atoms with E-state index in [1.54, 1.807) is 0 Å². The SMILES string of the molecule is CC(C)n1c2c(CCN3CCOCC3)cccc2c2[nH]c(=O)c3ccccc3c21. The predicted octanol–water partition coefficient (Wildman–Crippen LogP) is 4.09. The van der Waals surface area contributed by atoms with Crippen molar-refractivity contribution in [3.8, 4) is 0 Å². The second-order valence-electron chi connectivity index (χ2n) is 8.20. The van der Waals surface area contributed by atoms with Gasteiger partial charge in [-0.25, -0.2) is 0 Å². The molecule has 1 fully saturated rings. The standard InChI is InChI=1S/C24H27N3O2/c1-16(2)27-22-17(10-11-26-12-14-29-15-13-26)6-5-9-20(22)21-23(27)18-7-3-4-8-19(18)24(28)25-21/h3-9,16H,10-15H2,1-2H3,(H,25,28). The van der Waals surface area contributed by atoms with Crippen molar-refractivity contribution in [1.29, 1.82) is 0 Å². The van der Waals surface area contributed by atoms with Gasteiger partial charge >= 0.3 is 0 Å². The monoisotopic (exact) mass is 389 g/mol. The summed E-state index contributed by atoms with van der Waals surface area (Å²) < 4.78 is 7.90. The van der Waals surface area contributed by atoms with Gasteiger partial charge in [-0.15, -0.1) is 0 Å². The normalized spacial score (nSPS) is 15.8. The van der Waals surface area contributed by atoms with Crippen molar-refractivity contribution in [3.05, 3.63) is 58.4 Å². The number of nitrogens with zero attached hydrogens (tertiary/aromatic N) is 2. The number of benzene rings is 2. The highest BCUT2D eigenvalue weighted by atomic mass is 16.5. The minimum Gasteiger partial charge on any atom is -0.379 e. The Morgan fingerprint density at radius 2 is 1.69 bits per heavy atom. The fourth-order valence-corrected chi connectivity index (χ4v) is 4.72. The first kappa shape index (κ1) is 18.4. The summed E-state index contributed by atoms with van der Waals surface area (Å²) in [6, 6.07) is 14.7. The summed E-state index contributed by atoms with van der Waals surface area (Å²) in [5.41, 5.74) is 4.64. The van der Waals surface area contributed by atoms with Crippen molar-refractivity contribution in [1.82, 2.24) is 14.5 Å². The van der Waals surface area contributed by atoms with Crippen LogP contribution in [0.4, 0.5) is 0 Å². The van der Waals surface area contributed by atoms with Crippen molar-refractivity contribution in [2.45, 2.75) is 26.3 Å². The number of aromatic amines is 1. The van der Waals surface area contributed by atoms with Crippen LogP contribution < -0.4 is 5.56 Å². The lowest BCUT2D eigenvalue weighted by Crippen LogP contribution is -2.37. The van der Waals surface area contributed by atoms with Gasteiger partial charge in [0.05, 0.1) is 29.8 Å². The third-order valence-electron chi connectivity index (χ3n) is 6.09. The topological polar surface area (TPSA) is 50.3 Å². The van der Waals surface area contributed by atoms with Gasteiger partial charge in [0, 0.05) is 41.8 Å². The Labute approximate surface area is 169 Å². The first-order valence-electron chi connectivity index (χ1n) is 10.5. The molecule has 2 aromatic carbocycles. The summed E-state index contributed by atoms with van der Waals surface area (Å²) in [5.74, 6) is 0. The Bertz CT molecular complexity index is 1250. The molecule has 1 saturated heterocycles. The maximum Gasteiger partial charge on any atom is 0.256 e. The highest BCUT2D eigenvalue weighted by Gasteiger charge is 2.20. The summed E-state index contributed by atoms with van der Waals surface area (Å²) in [6.45, 7) is 9.12. The average Bonchev–Trinajstić information content (AvgIpc) is 3.08. The van der Waals surface area contributed by atoms with Crippen LogP contribution in [0.2, 0.25) is 0 Å². The molecule has 1 aliphatic rings. The Morgan fingerprint density at radius 1 is 0.966 bits per heavy atom. The van der Waals surface area contributed by atoms with Gasteiger partial charge in [0.2, 0.25) is 0 Å². The number of para-hydroxylation sites is 1. The first-order valence-corrected chi connectivity index (χ1v) is 10.5. The molecule has 5 heteroatoms. The molecule has 0 spiro atoms. The summed E-state index contributed by atoms with van der Waals surface area (Å²) in [7, 11) is 0. The van der Waals surface area contributed by atoms with E-state index in [0.717, 1.165) is 66.5 Å². The number of rotatable bonds is 4. The van der Waals surface area contributed by atoms with Crippen LogP contribution in [0.25, 0.3) is 32.7 Å². The summed E-state index contributed by atoms with van der Waals surface area (Å²) in [6.07, 6.45) is 0.989. The van der Waals surface area contributed by atoms with E-state index in [9.17, 15) is 4.79 Å². The summed E-state index contributed by atoms with van der Waals surface area (Å²) >= 11 is 0. The predicted molar refractivity (Wildman–Crippen MR) is 119 cm³/mol. The first-order chi connectivity index (χ1) is 14.1. The minimum absolute atomic E-state index is 0.0189. The zero-order valence-corrected chi connectivity index (χ0v) is 17.1. The lowest BCUT2D eigenvalue weighted by molar-refractivity contribution is 0.0385.